The fraction of sp³-hybridized carbons (Fsp3) is 0.235. The molecule has 2 aromatic carbocycles. The SMILES string of the molecule is COc1cccc(C(=O)c2c(C)cc(C)cc2OC)c1N. The number of hydrogen-bond donors (Lipinski definition) is 1. The first-order chi connectivity index (χ1) is 9.99. The highest BCUT2D eigenvalue weighted by molar-refractivity contribution is 6.15. The second kappa shape index (κ2) is 5.87. The first-order valence-electron chi connectivity index (χ1n) is 6.62. The lowest BCUT2D eigenvalue weighted by molar-refractivity contribution is 0.103. The third kappa shape index (κ3) is 2.70. The molecule has 4 heteroatoms. The van der Waals surface area contributed by atoms with Crippen molar-refractivity contribution in [1.82, 2.24) is 0 Å². The molecule has 0 unspecified atom stereocenters. The highest BCUT2D eigenvalue weighted by Gasteiger charge is 2.21. The Morgan fingerprint density at radius 2 is 1.71 bits per heavy atom. The Labute approximate surface area is 124 Å². The number of benzene rings is 2. The number of ether oxygens (including phenoxy) is 2. The van der Waals surface area contributed by atoms with Crippen molar-refractivity contribution in [2.75, 3.05) is 20.0 Å². The van der Waals surface area contributed by atoms with Gasteiger partial charge in [-0.2, -0.15) is 0 Å². The summed E-state index contributed by atoms with van der Waals surface area (Å²) in [7, 11) is 3.08. The first kappa shape index (κ1) is 14.9. The molecule has 0 saturated carbocycles. The Hall–Kier alpha value is -2.49. The number of nitrogens with two attached hydrogens (primary N) is 1. The van der Waals surface area contributed by atoms with E-state index in [1.165, 1.54) is 7.11 Å². The van der Waals surface area contributed by atoms with Gasteiger partial charge in [-0.1, -0.05) is 12.1 Å². The predicted octanol–water partition coefficient (Wildman–Crippen LogP) is 3.13. The van der Waals surface area contributed by atoms with Gasteiger partial charge in [0.05, 0.1) is 25.5 Å². The van der Waals surface area contributed by atoms with Gasteiger partial charge < -0.3 is 15.2 Å². The van der Waals surface area contributed by atoms with Crippen molar-refractivity contribution < 1.29 is 14.3 Å². The van der Waals surface area contributed by atoms with Gasteiger partial charge in [-0.25, -0.2) is 0 Å². The van der Waals surface area contributed by atoms with Crippen LogP contribution in [0.3, 0.4) is 0 Å². The van der Waals surface area contributed by atoms with E-state index < -0.39 is 0 Å². The summed E-state index contributed by atoms with van der Waals surface area (Å²) in [5.41, 5.74) is 9.21. The lowest BCUT2D eigenvalue weighted by Gasteiger charge is -2.14. The number of ketones is 1. The van der Waals surface area contributed by atoms with Gasteiger partial charge >= 0.3 is 0 Å². The molecule has 0 radical (unpaired) electrons. The molecule has 110 valence electrons. The number of nitrogen functional groups attached to an aromatic ring is 1. The third-order valence-electron chi connectivity index (χ3n) is 3.42. The Kier molecular flexibility index (Phi) is 4.17. The summed E-state index contributed by atoms with van der Waals surface area (Å²) in [5, 5.41) is 0. The molecule has 0 bridgehead atoms. The molecular formula is C17H19NO3. The predicted molar refractivity (Wildman–Crippen MR) is 83.3 cm³/mol. The summed E-state index contributed by atoms with van der Waals surface area (Å²) >= 11 is 0. The van der Waals surface area contributed by atoms with E-state index in [9.17, 15) is 4.79 Å². The minimum atomic E-state index is -0.166. The summed E-state index contributed by atoms with van der Waals surface area (Å²) in [6, 6.07) is 8.96. The lowest BCUT2D eigenvalue weighted by Crippen LogP contribution is -2.10. The molecule has 0 spiro atoms. The second-order valence-corrected chi connectivity index (χ2v) is 4.91. The summed E-state index contributed by atoms with van der Waals surface area (Å²) in [4.78, 5) is 12.8. The largest absolute Gasteiger partial charge is 0.496 e. The number of hydrogen-bond acceptors (Lipinski definition) is 4. The zero-order valence-corrected chi connectivity index (χ0v) is 12.7. The van der Waals surface area contributed by atoms with E-state index in [-0.39, 0.29) is 5.78 Å². The standard InChI is InChI=1S/C17H19NO3/c1-10-8-11(2)15(14(9-10)21-4)17(19)12-6-5-7-13(20-3)16(12)18/h5-9H,18H2,1-4H3. The molecular weight excluding hydrogens is 266 g/mol. The summed E-state index contributed by atoms with van der Waals surface area (Å²) in [6.45, 7) is 3.85. The number of carbonyl (C=O) groups is 1. The van der Waals surface area contributed by atoms with E-state index in [1.54, 1.807) is 25.3 Å². The molecule has 0 fully saturated rings. The number of rotatable bonds is 4. The maximum atomic E-state index is 12.8. The number of anilines is 1. The van der Waals surface area contributed by atoms with E-state index >= 15 is 0 Å². The fourth-order valence-electron chi connectivity index (χ4n) is 2.44. The molecule has 0 heterocycles. The fourth-order valence-corrected chi connectivity index (χ4v) is 2.44. The van der Waals surface area contributed by atoms with Crippen molar-refractivity contribution in [3.63, 3.8) is 0 Å². The first-order valence-corrected chi connectivity index (χ1v) is 6.62. The van der Waals surface area contributed by atoms with Gasteiger partial charge in [0.2, 0.25) is 0 Å². The molecule has 0 aliphatic heterocycles. The molecule has 0 aliphatic carbocycles. The van der Waals surface area contributed by atoms with Gasteiger partial charge in [0.1, 0.15) is 11.5 Å². The summed E-state index contributed by atoms with van der Waals surface area (Å²) in [6.07, 6.45) is 0. The van der Waals surface area contributed by atoms with Crippen LogP contribution in [0.15, 0.2) is 30.3 Å². The molecule has 0 saturated heterocycles. The van der Waals surface area contributed by atoms with Crippen molar-refractivity contribution >= 4 is 11.5 Å². The minimum absolute atomic E-state index is 0.166. The summed E-state index contributed by atoms with van der Waals surface area (Å²) in [5.74, 6) is 0.880. The van der Waals surface area contributed by atoms with E-state index in [2.05, 4.69) is 0 Å². The normalized spacial score (nSPS) is 10.3. The van der Waals surface area contributed by atoms with Crippen molar-refractivity contribution in [3.05, 3.63) is 52.6 Å². The zero-order valence-electron chi connectivity index (χ0n) is 12.7. The second-order valence-electron chi connectivity index (χ2n) is 4.91. The van der Waals surface area contributed by atoms with Crippen LogP contribution in [0.2, 0.25) is 0 Å². The van der Waals surface area contributed by atoms with Gasteiger partial charge in [-0.3, -0.25) is 4.79 Å². The van der Waals surface area contributed by atoms with E-state index in [0.717, 1.165) is 11.1 Å². The maximum Gasteiger partial charge on any atom is 0.199 e. The van der Waals surface area contributed by atoms with Gasteiger partial charge in [-0.05, 0) is 43.2 Å². The van der Waals surface area contributed by atoms with Crippen LogP contribution < -0.4 is 15.2 Å². The van der Waals surface area contributed by atoms with Gasteiger partial charge in [-0.15, -0.1) is 0 Å². The highest BCUT2D eigenvalue weighted by Crippen LogP contribution is 2.31. The minimum Gasteiger partial charge on any atom is -0.496 e. The van der Waals surface area contributed by atoms with Crippen LogP contribution in [0, 0.1) is 13.8 Å². The molecule has 0 atom stereocenters. The third-order valence-corrected chi connectivity index (χ3v) is 3.42. The van der Waals surface area contributed by atoms with Crippen LogP contribution in [-0.2, 0) is 0 Å². The average molecular weight is 285 g/mol. The van der Waals surface area contributed by atoms with Crippen molar-refractivity contribution in [1.29, 1.82) is 0 Å². The van der Waals surface area contributed by atoms with Crippen molar-refractivity contribution in [3.8, 4) is 11.5 Å². The Bertz CT molecular complexity index is 693. The number of para-hydroxylation sites is 1. The Morgan fingerprint density at radius 3 is 2.33 bits per heavy atom. The molecule has 0 aliphatic rings. The quantitative estimate of drug-likeness (QED) is 0.692. The van der Waals surface area contributed by atoms with Crippen LogP contribution in [-0.4, -0.2) is 20.0 Å². The molecule has 0 amide bonds. The van der Waals surface area contributed by atoms with Crippen LogP contribution in [0.1, 0.15) is 27.0 Å². The molecule has 2 N–H and O–H groups in total. The van der Waals surface area contributed by atoms with E-state index in [0.29, 0.717) is 28.3 Å². The number of aryl methyl sites for hydroxylation is 2. The van der Waals surface area contributed by atoms with Gasteiger partial charge in [0, 0.05) is 5.56 Å². The zero-order chi connectivity index (χ0) is 15.6. The molecule has 21 heavy (non-hydrogen) atoms. The smallest absolute Gasteiger partial charge is 0.199 e. The molecule has 2 aromatic rings. The Balaban J connectivity index is 2.61. The van der Waals surface area contributed by atoms with Crippen LogP contribution >= 0.6 is 0 Å². The monoisotopic (exact) mass is 285 g/mol. The van der Waals surface area contributed by atoms with Crippen molar-refractivity contribution in [2.45, 2.75) is 13.8 Å². The number of methoxy groups -OCH3 is 2. The van der Waals surface area contributed by atoms with Crippen LogP contribution in [0.5, 0.6) is 11.5 Å². The maximum absolute atomic E-state index is 12.8. The number of carbonyl (C=O) groups excluding carboxylic acids is 1. The van der Waals surface area contributed by atoms with Crippen LogP contribution in [0.25, 0.3) is 0 Å². The van der Waals surface area contributed by atoms with Crippen LogP contribution in [0.4, 0.5) is 5.69 Å². The lowest BCUT2D eigenvalue weighted by atomic mass is 9.95. The molecule has 4 nitrogen and oxygen atoms in total. The van der Waals surface area contributed by atoms with Crippen molar-refractivity contribution in [2.24, 2.45) is 0 Å². The topological polar surface area (TPSA) is 61.5 Å². The van der Waals surface area contributed by atoms with E-state index in [4.69, 9.17) is 15.2 Å². The molecule has 0 aromatic heterocycles. The van der Waals surface area contributed by atoms with Gasteiger partial charge in [0.15, 0.2) is 5.78 Å². The van der Waals surface area contributed by atoms with Gasteiger partial charge in [0.25, 0.3) is 0 Å². The molecule has 2 rings (SSSR count). The summed E-state index contributed by atoms with van der Waals surface area (Å²) < 4.78 is 10.5. The van der Waals surface area contributed by atoms with E-state index in [1.807, 2.05) is 26.0 Å². The highest BCUT2D eigenvalue weighted by atomic mass is 16.5. The average Bonchev–Trinajstić information content (AvgIpc) is 2.46. The Morgan fingerprint density at radius 1 is 1.05 bits per heavy atom.